The zero-order chi connectivity index (χ0) is 17.0. The Labute approximate surface area is 147 Å². The number of aryl methyl sites for hydroxylation is 1. The number of fused-ring (bicyclic) bond motifs is 1. The molecule has 2 aromatic rings. The van der Waals surface area contributed by atoms with Gasteiger partial charge in [0.05, 0.1) is 0 Å². The summed E-state index contributed by atoms with van der Waals surface area (Å²) in [6, 6.07) is 4.64. The molecule has 0 radical (unpaired) electrons. The van der Waals surface area contributed by atoms with E-state index < -0.39 is 21.3 Å². The van der Waals surface area contributed by atoms with Gasteiger partial charge in [0.2, 0.25) is 0 Å². The van der Waals surface area contributed by atoms with Gasteiger partial charge < -0.3 is 9.15 Å². The third-order valence-electron chi connectivity index (χ3n) is 4.18. The zero-order valence-electron chi connectivity index (χ0n) is 12.4. The Hall–Kier alpha value is -1.23. The molecule has 3 rings (SSSR count). The highest BCUT2D eigenvalue weighted by Crippen LogP contribution is 2.64. The Bertz CT molecular complexity index is 871. The van der Waals surface area contributed by atoms with Crippen LogP contribution in [-0.2, 0) is 16.1 Å². The molecule has 1 unspecified atom stereocenters. The van der Waals surface area contributed by atoms with Crippen LogP contribution in [0.3, 0.4) is 0 Å². The maximum Gasteiger partial charge on any atom is 0.336 e. The topological polar surface area (TPSA) is 56.5 Å². The van der Waals surface area contributed by atoms with Gasteiger partial charge in [0.15, 0.2) is 0 Å². The molecule has 1 aromatic heterocycles. The van der Waals surface area contributed by atoms with Crippen LogP contribution in [0.4, 0.5) is 0 Å². The number of rotatable bonds is 3. The molecule has 1 aliphatic carbocycles. The molecule has 1 fully saturated rings. The molecule has 0 saturated heterocycles. The molecular formula is C16H13Cl3O4. The molecule has 7 heteroatoms. The Morgan fingerprint density at radius 1 is 1.35 bits per heavy atom. The Morgan fingerprint density at radius 2 is 2.00 bits per heavy atom. The van der Waals surface area contributed by atoms with Gasteiger partial charge in [0.25, 0.3) is 0 Å². The van der Waals surface area contributed by atoms with Gasteiger partial charge in [-0.15, -0.1) is 23.2 Å². The van der Waals surface area contributed by atoms with Gasteiger partial charge in [0, 0.05) is 28.5 Å². The molecule has 1 aromatic carbocycles. The third kappa shape index (κ3) is 2.84. The van der Waals surface area contributed by atoms with Gasteiger partial charge in [-0.1, -0.05) is 11.6 Å². The molecule has 0 spiro atoms. The van der Waals surface area contributed by atoms with Crippen LogP contribution in [0, 0.1) is 12.3 Å². The van der Waals surface area contributed by atoms with Crippen molar-refractivity contribution in [3.8, 4) is 0 Å². The maximum absolute atomic E-state index is 12.1. The van der Waals surface area contributed by atoms with Crippen LogP contribution in [0.5, 0.6) is 0 Å². The fourth-order valence-corrected chi connectivity index (χ4v) is 3.24. The molecule has 0 N–H and O–H groups in total. The van der Waals surface area contributed by atoms with Crippen LogP contribution >= 0.6 is 34.8 Å². The smallest absolute Gasteiger partial charge is 0.336 e. The molecule has 0 aliphatic heterocycles. The minimum atomic E-state index is -1.09. The largest absolute Gasteiger partial charge is 0.460 e. The fourth-order valence-electron chi connectivity index (χ4n) is 2.39. The van der Waals surface area contributed by atoms with E-state index in [-0.39, 0.29) is 6.61 Å². The van der Waals surface area contributed by atoms with Gasteiger partial charge in [-0.3, -0.25) is 4.79 Å². The lowest BCUT2D eigenvalue weighted by atomic mass is 10.1. The zero-order valence-corrected chi connectivity index (χ0v) is 14.7. The second kappa shape index (κ2) is 5.40. The van der Waals surface area contributed by atoms with Gasteiger partial charge in [-0.05, 0) is 31.5 Å². The summed E-state index contributed by atoms with van der Waals surface area (Å²) < 4.78 is 9.36. The van der Waals surface area contributed by atoms with Crippen LogP contribution in [-0.4, -0.2) is 10.3 Å². The summed E-state index contributed by atoms with van der Waals surface area (Å²) in [6.07, 6.45) is 0.338. The van der Waals surface area contributed by atoms with Gasteiger partial charge in [-0.25, -0.2) is 4.79 Å². The van der Waals surface area contributed by atoms with E-state index in [9.17, 15) is 9.59 Å². The van der Waals surface area contributed by atoms with Crippen LogP contribution in [0.1, 0.15) is 24.5 Å². The number of alkyl halides is 2. The summed E-state index contributed by atoms with van der Waals surface area (Å²) in [7, 11) is 0. The molecule has 1 heterocycles. The average Bonchev–Trinajstić information content (AvgIpc) is 2.98. The van der Waals surface area contributed by atoms with Crippen LogP contribution < -0.4 is 5.63 Å². The lowest BCUT2D eigenvalue weighted by Gasteiger charge is -2.13. The first-order valence-electron chi connectivity index (χ1n) is 6.92. The van der Waals surface area contributed by atoms with E-state index >= 15 is 0 Å². The van der Waals surface area contributed by atoms with Crippen molar-refractivity contribution >= 4 is 51.7 Å². The summed E-state index contributed by atoms with van der Waals surface area (Å²) in [4.78, 5) is 23.8. The van der Waals surface area contributed by atoms with E-state index in [4.69, 9.17) is 44.0 Å². The Balaban J connectivity index is 1.90. The summed E-state index contributed by atoms with van der Waals surface area (Å²) in [6.45, 7) is 3.37. The Morgan fingerprint density at radius 3 is 2.61 bits per heavy atom. The molecule has 1 aliphatic rings. The highest BCUT2D eigenvalue weighted by Gasteiger charge is 2.69. The third-order valence-corrected chi connectivity index (χ3v) is 5.69. The standard InChI is InChI=1S/C16H13Cl3O4/c1-8-3-12-10(5-11(8)17)9(4-13(20)23-12)6-22-14(21)15(2)7-16(15,18)19/h3-5H,6-7H2,1-2H3. The minimum Gasteiger partial charge on any atom is -0.460 e. The van der Waals surface area contributed by atoms with Crippen LogP contribution in [0.2, 0.25) is 5.02 Å². The molecule has 1 saturated carbocycles. The number of esters is 1. The maximum atomic E-state index is 12.1. The fraction of sp³-hybridized carbons (Fsp3) is 0.375. The van der Waals surface area contributed by atoms with Crippen molar-refractivity contribution in [2.24, 2.45) is 5.41 Å². The van der Waals surface area contributed by atoms with E-state index in [1.54, 1.807) is 19.1 Å². The van der Waals surface area contributed by atoms with E-state index in [0.717, 1.165) is 5.56 Å². The first-order valence-corrected chi connectivity index (χ1v) is 8.05. The van der Waals surface area contributed by atoms with Crippen molar-refractivity contribution in [3.05, 3.63) is 44.8 Å². The number of halogens is 3. The molecule has 0 bridgehead atoms. The first-order chi connectivity index (χ1) is 10.6. The molecule has 0 amide bonds. The number of hydrogen-bond acceptors (Lipinski definition) is 4. The lowest BCUT2D eigenvalue weighted by molar-refractivity contribution is -0.150. The van der Waals surface area contributed by atoms with Crippen LogP contribution in [0.15, 0.2) is 27.4 Å². The molecule has 122 valence electrons. The number of ether oxygens (including phenoxy) is 1. The molecule has 1 atom stereocenters. The monoisotopic (exact) mass is 374 g/mol. The van der Waals surface area contributed by atoms with E-state index in [2.05, 4.69) is 0 Å². The van der Waals surface area contributed by atoms with E-state index in [0.29, 0.717) is 28.0 Å². The highest BCUT2D eigenvalue weighted by molar-refractivity contribution is 6.53. The van der Waals surface area contributed by atoms with Crippen molar-refractivity contribution in [2.45, 2.75) is 31.2 Å². The summed E-state index contributed by atoms with van der Waals surface area (Å²) in [5.41, 5.74) is 0.264. The summed E-state index contributed by atoms with van der Waals surface area (Å²) in [5, 5.41) is 1.16. The predicted octanol–water partition coefficient (Wildman–Crippen LogP) is 4.38. The van der Waals surface area contributed by atoms with Crippen molar-refractivity contribution < 1.29 is 13.9 Å². The van der Waals surface area contributed by atoms with Crippen LogP contribution in [0.25, 0.3) is 11.0 Å². The summed E-state index contributed by atoms with van der Waals surface area (Å²) in [5.74, 6) is -0.498. The quantitative estimate of drug-likeness (QED) is 0.454. The van der Waals surface area contributed by atoms with Crippen molar-refractivity contribution in [2.75, 3.05) is 0 Å². The second-order valence-electron chi connectivity index (χ2n) is 5.98. The SMILES string of the molecule is Cc1cc2oc(=O)cc(COC(=O)C3(C)CC3(Cl)Cl)c2cc1Cl. The van der Waals surface area contributed by atoms with Crippen molar-refractivity contribution in [1.29, 1.82) is 0 Å². The lowest BCUT2D eigenvalue weighted by Crippen LogP contribution is -2.21. The first kappa shape index (κ1) is 16.6. The number of carbonyl (C=O) groups is 1. The molecule has 23 heavy (non-hydrogen) atoms. The number of hydrogen-bond donors (Lipinski definition) is 0. The second-order valence-corrected chi connectivity index (χ2v) is 7.87. The number of carbonyl (C=O) groups excluding carboxylic acids is 1. The molecule has 4 nitrogen and oxygen atoms in total. The van der Waals surface area contributed by atoms with Gasteiger partial charge in [-0.2, -0.15) is 0 Å². The van der Waals surface area contributed by atoms with E-state index in [1.807, 2.05) is 6.92 Å². The minimum absolute atomic E-state index is 0.0836. The van der Waals surface area contributed by atoms with Crippen molar-refractivity contribution in [1.82, 2.24) is 0 Å². The Kier molecular flexibility index (Phi) is 3.90. The van der Waals surface area contributed by atoms with Crippen molar-refractivity contribution in [3.63, 3.8) is 0 Å². The molecular weight excluding hydrogens is 363 g/mol. The number of benzene rings is 1. The predicted molar refractivity (Wildman–Crippen MR) is 89.2 cm³/mol. The van der Waals surface area contributed by atoms with Gasteiger partial charge >= 0.3 is 11.6 Å². The highest BCUT2D eigenvalue weighted by atomic mass is 35.5. The summed E-state index contributed by atoms with van der Waals surface area (Å²) >= 11 is 18.1. The van der Waals surface area contributed by atoms with E-state index in [1.165, 1.54) is 6.07 Å². The normalized spacial score (nSPS) is 22.1. The average molecular weight is 376 g/mol. The van der Waals surface area contributed by atoms with Gasteiger partial charge in [0.1, 0.15) is 21.9 Å².